The Hall–Kier alpha value is -2.04. The molecule has 5 nitrogen and oxygen atoms in total. The third-order valence-corrected chi connectivity index (χ3v) is 3.39. The lowest BCUT2D eigenvalue weighted by molar-refractivity contribution is -0.151. The van der Waals surface area contributed by atoms with Crippen LogP contribution in [0.1, 0.15) is 32.3 Å². The summed E-state index contributed by atoms with van der Waals surface area (Å²) in [5, 5.41) is 0. The van der Waals surface area contributed by atoms with E-state index in [0.29, 0.717) is 29.9 Å². The number of methoxy groups -OCH3 is 2. The zero-order valence-corrected chi connectivity index (χ0v) is 13.7. The van der Waals surface area contributed by atoms with Crippen molar-refractivity contribution in [2.75, 3.05) is 20.8 Å². The number of rotatable bonds is 9. The summed E-state index contributed by atoms with van der Waals surface area (Å²) in [6.45, 7) is 3.88. The standard InChI is InChI=1S/C17H24O5/c1-5-8-14(18)12(17(19)22-6-2)11-13-15(20-3)9-7-10-16(13)21-4/h7,9-10,12H,5-6,8,11H2,1-4H3. The Morgan fingerprint density at radius 2 is 1.68 bits per heavy atom. The maximum atomic E-state index is 12.3. The van der Waals surface area contributed by atoms with Gasteiger partial charge < -0.3 is 14.2 Å². The molecule has 0 fully saturated rings. The molecule has 1 aromatic carbocycles. The minimum absolute atomic E-state index is 0.117. The summed E-state index contributed by atoms with van der Waals surface area (Å²) in [6.07, 6.45) is 1.25. The van der Waals surface area contributed by atoms with Crippen molar-refractivity contribution >= 4 is 11.8 Å². The largest absolute Gasteiger partial charge is 0.496 e. The molecule has 0 bridgehead atoms. The lowest BCUT2D eigenvalue weighted by Gasteiger charge is -2.18. The molecular weight excluding hydrogens is 284 g/mol. The second-order valence-electron chi connectivity index (χ2n) is 4.87. The molecule has 0 aliphatic heterocycles. The number of hydrogen-bond donors (Lipinski definition) is 0. The fraction of sp³-hybridized carbons (Fsp3) is 0.529. The van der Waals surface area contributed by atoms with E-state index in [1.54, 1.807) is 39.3 Å². The van der Waals surface area contributed by atoms with E-state index in [0.717, 1.165) is 0 Å². The lowest BCUT2D eigenvalue weighted by Crippen LogP contribution is -2.28. The predicted molar refractivity (Wildman–Crippen MR) is 83.3 cm³/mol. The summed E-state index contributed by atoms with van der Waals surface area (Å²) in [7, 11) is 3.09. The van der Waals surface area contributed by atoms with Crippen molar-refractivity contribution in [3.05, 3.63) is 23.8 Å². The average molecular weight is 308 g/mol. The summed E-state index contributed by atoms with van der Waals surface area (Å²) >= 11 is 0. The second kappa shape index (κ2) is 9.07. The molecule has 0 amide bonds. The van der Waals surface area contributed by atoms with Crippen LogP contribution < -0.4 is 9.47 Å². The highest BCUT2D eigenvalue weighted by atomic mass is 16.5. The highest BCUT2D eigenvalue weighted by Crippen LogP contribution is 2.31. The normalized spacial score (nSPS) is 11.6. The number of ether oxygens (including phenoxy) is 3. The van der Waals surface area contributed by atoms with E-state index in [2.05, 4.69) is 0 Å². The van der Waals surface area contributed by atoms with Crippen LogP contribution in [-0.2, 0) is 20.7 Å². The van der Waals surface area contributed by atoms with Gasteiger partial charge in [-0.3, -0.25) is 9.59 Å². The van der Waals surface area contributed by atoms with Crippen LogP contribution in [0.2, 0.25) is 0 Å². The minimum Gasteiger partial charge on any atom is -0.496 e. The first kappa shape index (κ1) is 18.0. The molecule has 0 aliphatic carbocycles. The molecule has 122 valence electrons. The third kappa shape index (κ3) is 4.48. The SMILES string of the molecule is CCCC(=O)C(Cc1c(OC)cccc1OC)C(=O)OCC. The Morgan fingerprint density at radius 3 is 2.14 bits per heavy atom. The van der Waals surface area contributed by atoms with Crippen LogP contribution in [0.3, 0.4) is 0 Å². The molecule has 1 unspecified atom stereocenters. The molecule has 0 aromatic heterocycles. The maximum Gasteiger partial charge on any atom is 0.316 e. The van der Waals surface area contributed by atoms with E-state index < -0.39 is 11.9 Å². The van der Waals surface area contributed by atoms with Gasteiger partial charge in [0.1, 0.15) is 23.2 Å². The Bertz CT molecular complexity index is 470. The van der Waals surface area contributed by atoms with Gasteiger partial charge in [0.15, 0.2) is 0 Å². The number of esters is 1. The number of carbonyl (C=O) groups is 2. The van der Waals surface area contributed by atoms with Gasteiger partial charge in [-0.05, 0) is 31.9 Å². The van der Waals surface area contributed by atoms with Gasteiger partial charge in [0.25, 0.3) is 0 Å². The van der Waals surface area contributed by atoms with Crippen LogP contribution in [-0.4, -0.2) is 32.6 Å². The highest BCUT2D eigenvalue weighted by molar-refractivity contribution is 5.99. The minimum atomic E-state index is -0.829. The predicted octanol–water partition coefficient (Wildman–Crippen LogP) is 2.79. The molecule has 0 spiro atoms. The number of carbonyl (C=O) groups excluding carboxylic acids is 2. The summed E-state index contributed by atoms with van der Waals surface area (Å²) in [5.41, 5.74) is 0.704. The van der Waals surface area contributed by atoms with Gasteiger partial charge in [-0.15, -0.1) is 0 Å². The summed E-state index contributed by atoms with van der Waals surface area (Å²) < 4.78 is 15.7. The van der Waals surface area contributed by atoms with Crippen LogP contribution in [0.25, 0.3) is 0 Å². The zero-order chi connectivity index (χ0) is 16.5. The topological polar surface area (TPSA) is 61.8 Å². The fourth-order valence-corrected chi connectivity index (χ4v) is 2.33. The van der Waals surface area contributed by atoms with Gasteiger partial charge in [0.2, 0.25) is 0 Å². The highest BCUT2D eigenvalue weighted by Gasteiger charge is 2.29. The van der Waals surface area contributed by atoms with Crippen LogP contribution in [0.4, 0.5) is 0 Å². The lowest BCUT2D eigenvalue weighted by atomic mass is 9.92. The van der Waals surface area contributed by atoms with Crippen molar-refractivity contribution in [3.8, 4) is 11.5 Å². The van der Waals surface area contributed by atoms with Gasteiger partial charge in [-0.25, -0.2) is 0 Å². The smallest absolute Gasteiger partial charge is 0.316 e. The first-order chi connectivity index (χ1) is 10.6. The van der Waals surface area contributed by atoms with Gasteiger partial charge in [-0.2, -0.15) is 0 Å². The van der Waals surface area contributed by atoms with Crippen molar-refractivity contribution < 1.29 is 23.8 Å². The quantitative estimate of drug-likeness (QED) is 0.518. The van der Waals surface area contributed by atoms with E-state index in [4.69, 9.17) is 14.2 Å². The molecule has 0 saturated heterocycles. The van der Waals surface area contributed by atoms with Crippen molar-refractivity contribution in [1.82, 2.24) is 0 Å². The second-order valence-corrected chi connectivity index (χ2v) is 4.87. The molecule has 0 heterocycles. The van der Waals surface area contributed by atoms with Crippen molar-refractivity contribution in [3.63, 3.8) is 0 Å². The first-order valence-electron chi connectivity index (χ1n) is 7.48. The molecule has 1 aromatic rings. The number of hydrogen-bond acceptors (Lipinski definition) is 5. The van der Waals surface area contributed by atoms with Gasteiger partial charge in [-0.1, -0.05) is 13.0 Å². The Kier molecular flexibility index (Phi) is 7.43. The Balaban J connectivity index is 3.13. The molecule has 0 N–H and O–H groups in total. The van der Waals surface area contributed by atoms with Crippen LogP contribution in [0.5, 0.6) is 11.5 Å². The molecular formula is C17H24O5. The van der Waals surface area contributed by atoms with E-state index >= 15 is 0 Å². The summed E-state index contributed by atoms with van der Waals surface area (Å²) in [6, 6.07) is 5.36. The first-order valence-corrected chi connectivity index (χ1v) is 7.48. The molecule has 1 atom stereocenters. The Morgan fingerprint density at radius 1 is 1.09 bits per heavy atom. The molecule has 0 aliphatic rings. The Labute approximate surface area is 131 Å². The van der Waals surface area contributed by atoms with Crippen molar-refractivity contribution in [2.24, 2.45) is 5.92 Å². The van der Waals surface area contributed by atoms with Crippen molar-refractivity contribution in [2.45, 2.75) is 33.1 Å². The van der Waals surface area contributed by atoms with Gasteiger partial charge in [0, 0.05) is 12.0 Å². The fourth-order valence-electron chi connectivity index (χ4n) is 2.33. The zero-order valence-electron chi connectivity index (χ0n) is 13.7. The number of ketones is 1. The van der Waals surface area contributed by atoms with E-state index in [1.807, 2.05) is 6.92 Å². The van der Waals surface area contributed by atoms with E-state index in [9.17, 15) is 9.59 Å². The summed E-state index contributed by atoms with van der Waals surface area (Å²) in [4.78, 5) is 24.4. The van der Waals surface area contributed by atoms with Crippen LogP contribution in [0, 0.1) is 5.92 Å². The van der Waals surface area contributed by atoms with Crippen molar-refractivity contribution in [1.29, 1.82) is 0 Å². The van der Waals surface area contributed by atoms with Crippen LogP contribution in [0.15, 0.2) is 18.2 Å². The molecule has 1 rings (SSSR count). The molecule has 0 saturated carbocycles. The number of Topliss-reactive ketones (excluding diaryl/α,β-unsaturated/α-hetero) is 1. The monoisotopic (exact) mass is 308 g/mol. The average Bonchev–Trinajstić information content (AvgIpc) is 2.52. The van der Waals surface area contributed by atoms with Gasteiger partial charge >= 0.3 is 5.97 Å². The van der Waals surface area contributed by atoms with Gasteiger partial charge in [0.05, 0.1) is 20.8 Å². The van der Waals surface area contributed by atoms with Crippen LogP contribution >= 0.6 is 0 Å². The van der Waals surface area contributed by atoms with E-state index in [-0.39, 0.29) is 18.8 Å². The van der Waals surface area contributed by atoms with E-state index in [1.165, 1.54) is 0 Å². The summed E-state index contributed by atoms with van der Waals surface area (Å²) in [5.74, 6) is -0.246. The molecule has 5 heteroatoms. The third-order valence-electron chi connectivity index (χ3n) is 3.39. The molecule has 0 radical (unpaired) electrons. The molecule has 22 heavy (non-hydrogen) atoms. The maximum absolute atomic E-state index is 12.3. The number of benzene rings is 1.